The topological polar surface area (TPSA) is 58.2 Å². The second-order valence-corrected chi connectivity index (χ2v) is 11.2. The predicted molar refractivity (Wildman–Crippen MR) is 119 cm³/mol. The lowest BCUT2D eigenvalue weighted by Crippen LogP contribution is -2.41. The molecule has 2 aromatic rings. The number of nitrogens with one attached hydrogen (secondary N) is 2. The normalized spacial score (nSPS) is 19.7. The Labute approximate surface area is 178 Å². The standard InChI is InChI=1S/C21H24N2O2S3/c1-13-3-8-17-16(11-13)12-18(28-17)20(25)23-22-19(24)14-4-6-15(7-5-14)21-26-9-2-10-27-21/h4-7,12-13,21H,2-3,8-11H2,1H3,(H,22,24)(H,23,25). The van der Waals surface area contributed by atoms with Crippen LogP contribution in [0.3, 0.4) is 0 Å². The lowest BCUT2D eigenvalue weighted by Gasteiger charge is -2.21. The first-order valence-corrected chi connectivity index (χ1v) is 12.6. The second kappa shape index (κ2) is 8.93. The van der Waals surface area contributed by atoms with Gasteiger partial charge in [0.25, 0.3) is 11.8 Å². The summed E-state index contributed by atoms with van der Waals surface area (Å²) < 4.78 is 0.457. The molecule has 0 spiro atoms. The van der Waals surface area contributed by atoms with Gasteiger partial charge in [-0.05, 0) is 72.4 Å². The van der Waals surface area contributed by atoms with E-state index in [1.165, 1.54) is 40.4 Å². The zero-order valence-electron chi connectivity index (χ0n) is 15.8. The molecular formula is C21H24N2O2S3. The largest absolute Gasteiger partial charge is 0.279 e. The smallest absolute Gasteiger partial charge is 0.267 e. The van der Waals surface area contributed by atoms with Crippen molar-refractivity contribution in [3.63, 3.8) is 0 Å². The fourth-order valence-electron chi connectivity index (χ4n) is 3.54. The van der Waals surface area contributed by atoms with Crippen molar-refractivity contribution >= 4 is 46.7 Å². The van der Waals surface area contributed by atoms with E-state index in [2.05, 4.69) is 17.8 Å². The number of amides is 2. The number of thiophene rings is 1. The van der Waals surface area contributed by atoms with Crippen LogP contribution in [0.2, 0.25) is 0 Å². The molecule has 1 aromatic heterocycles. The summed E-state index contributed by atoms with van der Waals surface area (Å²) in [5, 5.41) is 0. The van der Waals surface area contributed by atoms with Crippen LogP contribution in [-0.4, -0.2) is 23.3 Å². The third-order valence-electron chi connectivity index (χ3n) is 5.11. The number of hydrogen-bond acceptors (Lipinski definition) is 5. The van der Waals surface area contributed by atoms with E-state index in [1.807, 2.05) is 53.9 Å². The number of hydrogen-bond donors (Lipinski definition) is 2. The number of fused-ring (bicyclic) bond motifs is 1. The highest BCUT2D eigenvalue weighted by Crippen LogP contribution is 2.43. The maximum atomic E-state index is 12.4. The van der Waals surface area contributed by atoms with Gasteiger partial charge in [0.15, 0.2) is 0 Å². The molecule has 7 heteroatoms. The van der Waals surface area contributed by atoms with E-state index in [-0.39, 0.29) is 11.8 Å². The molecule has 2 amide bonds. The minimum Gasteiger partial charge on any atom is -0.267 e. The summed E-state index contributed by atoms with van der Waals surface area (Å²) in [7, 11) is 0. The van der Waals surface area contributed by atoms with Crippen molar-refractivity contribution in [2.75, 3.05) is 11.5 Å². The predicted octanol–water partition coefficient (Wildman–Crippen LogP) is 4.82. The Bertz CT molecular complexity index is 857. The van der Waals surface area contributed by atoms with Gasteiger partial charge >= 0.3 is 0 Å². The van der Waals surface area contributed by atoms with Gasteiger partial charge < -0.3 is 0 Å². The van der Waals surface area contributed by atoms with E-state index in [0.717, 1.165) is 12.8 Å². The molecule has 2 aliphatic rings. The number of hydrazine groups is 1. The van der Waals surface area contributed by atoms with E-state index < -0.39 is 0 Å². The summed E-state index contributed by atoms with van der Waals surface area (Å²) in [5.74, 6) is 2.52. The van der Waals surface area contributed by atoms with Gasteiger partial charge in [0, 0.05) is 10.4 Å². The van der Waals surface area contributed by atoms with Crippen molar-refractivity contribution in [1.82, 2.24) is 10.9 Å². The quantitative estimate of drug-likeness (QED) is 0.683. The van der Waals surface area contributed by atoms with Gasteiger partial charge in [-0.3, -0.25) is 20.4 Å². The van der Waals surface area contributed by atoms with Gasteiger partial charge in [-0.15, -0.1) is 34.9 Å². The van der Waals surface area contributed by atoms with E-state index in [4.69, 9.17) is 0 Å². The van der Waals surface area contributed by atoms with Crippen LogP contribution in [0.5, 0.6) is 0 Å². The Hall–Kier alpha value is -1.44. The molecule has 4 rings (SSSR count). The Morgan fingerprint density at radius 2 is 1.75 bits per heavy atom. The van der Waals surface area contributed by atoms with Crippen LogP contribution in [0.15, 0.2) is 30.3 Å². The summed E-state index contributed by atoms with van der Waals surface area (Å²) in [6, 6.07) is 9.67. The fraction of sp³-hybridized carbons (Fsp3) is 0.429. The first kappa shape index (κ1) is 19.9. The first-order valence-electron chi connectivity index (χ1n) is 9.65. The summed E-state index contributed by atoms with van der Waals surface area (Å²) >= 11 is 5.46. The van der Waals surface area contributed by atoms with Gasteiger partial charge in [-0.2, -0.15) is 0 Å². The molecule has 0 bridgehead atoms. The lowest BCUT2D eigenvalue weighted by atomic mass is 9.90. The molecule has 1 aliphatic carbocycles. The third-order valence-corrected chi connectivity index (χ3v) is 9.37. The first-order chi connectivity index (χ1) is 13.6. The van der Waals surface area contributed by atoms with Crippen LogP contribution < -0.4 is 10.9 Å². The van der Waals surface area contributed by atoms with E-state index in [1.54, 1.807) is 11.3 Å². The third kappa shape index (κ3) is 4.58. The Morgan fingerprint density at radius 3 is 2.50 bits per heavy atom. The Kier molecular flexibility index (Phi) is 6.33. The van der Waals surface area contributed by atoms with E-state index in [0.29, 0.717) is 20.9 Å². The molecular weight excluding hydrogens is 408 g/mol. The van der Waals surface area contributed by atoms with Crippen molar-refractivity contribution in [2.45, 2.75) is 37.2 Å². The Morgan fingerprint density at radius 1 is 1.04 bits per heavy atom. The SMILES string of the molecule is CC1CCc2sc(C(=O)NNC(=O)c3ccc(C4SCCCS4)cc3)cc2C1. The summed E-state index contributed by atoms with van der Waals surface area (Å²) in [6.45, 7) is 2.25. The number of rotatable bonds is 3. The average molecular weight is 433 g/mol. The number of carbonyl (C=O) groups excluding carboxylic acids is 2. The summed E-state index contributed by atoms with van der Waals surface area (Å²) in [6.07, 6.45) is 4.53. The lowest BCUT2D eigenvalue weighted by molar-refractivity contribution is 0.0849. The number of thioether (sulfide) groups is 2. The molecule has 1 aromatic carbocycles. The van der Waals surface area contributed by atoms with Crippen LogP contribution >= 0.6 is 34.9 Å². The minimum atomic E-state index is -0.293. The minimum absolute atomic E-state index is 0.243. The highest BCUT2D eigenvalue weighted by Gasteiger charge is 2.21. The average Bonchev–Trinajstić information content (AvgIpc) is 3.16. The zero-order chi connectivity index (χ0) is 19.5. The molecule has 148 valence electrons. The van der Waals surface area contributed by atoms with Gasteiger partial charge in [0.2, 0.25) is 0 Å². The molecule has 2 N–H and O–H groups in total. The van der Waals surface area contributed by atoms with Gasteiger partial charge in [-0.25, -0.2) is 0 Å². The summed E-state index contributed by atoms with van der Waals surface area (Å²) in [4.78, 5) is 26.8. The number of carbonyl (C=O) groups is 2. The second-order valence-electron chi connectivity index (χ2n) is 7.36. The van der Waals surface area contributed by atoms with Crippen molar-refractivity contribution in [3.8, 4) is 0 Å². The number of aryl methyl sites for hydroxylation is 1. The van der Waals surface area contributed by atoms with Gasteiger partial charge in [-0.1, -0.05) is 19.1 Å². The molecule has 2 heterocycles. The number of benzene rings is 1. The molecule has 0 saturated carbocycles. The maximum Gasteiger partial charge on any atom is 0.279 e. The summed E-state index contributed by atoms with van der Waals surface area (Å²) in [5.41, 5.74) is 8.18. The van der Waals surface area contributed by atoms with Crippen molar-refractivity contribution in [3.05, 3.63) is 56.8 Å². The zero-order valence-corrected chi connectivity index (χ0v) is 18.3. The van der Waals surface area contributed by atoms with Crippen LogP contribution in [0.25, 0.3) is 0 Å². The van der Waals surface area contributed by atoms with Crippen molar-refractivity contribution < 1.29 is 9.59 Å². The molecule has 4 nitrogen and oxygen atoms in total. The van der Waals surface area contributed by atoms with Crippen LogP contribution in [-0.2, 0) is 12.8 Å². The maximum absolute atomic E-state index is 12.4. The highest BCUT2D eigenvalue weighted by molar-refractivity contribution is 8.16. The van der Waals surface area contributed by atoms with Gasteiger partial charge in [0.05, 0.1) is 9.46 Å². The molecule has 1 unspecified atom stereocenters. The van der Waals surface area contributed by atoms with E-state index in [9.17, 15) is 9.59 Å². The van der Waals surface area contributed by atoms with E-state index >= 15 is 0 Å². The molecule has 1 atom stereocenters. The van der Waals surface area contributed by atoms with Crippen LogP contribution in [0, 0.1) is 5.92 Å². The highest BCUT2D eigenvalue weighted by atomic mass is 32.2. The molecule has 1 fully saturated rings. The molecule has 0 radical (unpaired) electrons. The van der Waals surface area contributed by atoms with Crippen molar-refractivity contribution in [2.24, 2.45) is 5.92 Å². The molecule has 1 aliphatic heterocycles. The van der Waals surface area contributed by atoms with Gasteiger partial charge in [0.1, 0.15) is 0 Å². The van der Waals surface area contributed by atoms with Crippen LogP contribution in [0.4, 0.5) is 0 Å². The monoisotopic (exact) mass is 432 g/mol. The Balaban J connectivity index is 1.33. The fourth-order valence-corrected chi connectivity index (χ4v) is 7.53. The van der Waals surface area contributed by atoms with Crippen LogP contribution in [0.1, 0.15) is 60.4 Å². The van der Waals surface area contributed by atoms with Crippen molar-refractivity contribution in [1.29, 1.82) is 0 Å². The molecule has 1 saturated heterocycles. The molecule has 28 heavy (non-hydrogen) atoms.